The number of ether oxygens (including phenoxy) is 1. The molecular weight excluding hydrogens is 180 g/mol. The summed E-state index contributed by atoms with van der Waals surface area (Å²) in [6, 6.07) is 7.22. The Hall–Kier alpha value is -0.600. The third kappa shape index (κ3) is 2.17. The number of halogens is 1. The summed E-state index contributed by atoms with van der Waals surface area (Å²) in [6.07, 6.45) is 0. The van der Waals surface area contributed by atoms with Gasteiger partial charge in [0.25, 0.3) is 0 Å². The topological polar surface area (TPSA) is 9.23 Å². The molecule has 0 saturated heterocycles. The van der Waals surface area contributed by atoms with E-state index in [4.69, 9.17) is 28.6 Å². The summed E-state index contributed by atoms with van der Waals surface area (Å²) in [6.45, 7) is 0. The Morgan fingerprint density at radius 2 is 1.91 bits per heavy atom. The summed E-state index contributed by atoms with van der Waals surface area (Å²) >= 11 is 10.6. The molecule has 0 heterocycles. The highest BCUT2D eigenvalue weighted by Gasteiger charge is 1.97. The van der Waals surface area contributed by atoms with Crippen LogP contribution >= 0.6 is 23.8 Å². The predicted octanol–water partition coefficient (Wildman–Crippen LogP) is 2.66. The molecule has 0 aliphatic carbocycles. The molecule has 11 heavy (non-hydrogen) atoms. The highest BCUT2D eigenvalue weighted by atomic mass is 35.5. The van der Waals surface area contributed by atoms with Crippen LogP contribution in [0.4, 0.5) is 0 Å². The van der Waals surface area contributed by atoms with Gasteiger partial charge in [0.15, 0.2) is 5.05 Å². The maximum absolute atomic E-state index is 5.68. The monoisotopic (exact) mass is 186 g/mol. The van der Waals surface area contributed by atoms with Gasteiger partial charge in [0.2, 0.25) is 0 Å². The molecule has 0 fully saturated rings. The highest BCUT2D eigenvalue weighted by Crippen LogP contribution is 2.10. The lowest BCUT2D eigenvalue weighted by molar-refractivity contribution is 0.416. The molecule has 3 heteroatoms. The van der Waals surface area contributed by atoms with E-state index in [9.17, 15) is 0 Å². The van der Waals surface area contributed by atoms with Crippen LogP contribution in [0.25, 0.3) is 0 Å². The van der Waals surface area contributed by atoms with Crippen molar-refractivity contribution in [3.63, 3.8) is 0 Å². The number of methoxy groups -OCH3 is 1. The number of thiocarbonyl (C=S) groups is 1. The Kier molecular flexibility index (Phi) is 2.85. The zero-order chi connectivity index (χ0) is 8.27. The van der Waals surface area contributed by atoms with Crippen LogP contribution in [-0.4, -0.2) is 12.2 Å². The van der Waals surface area contributed by atoms with Crippen molar-refractivity contribution in [3.8, 4) is 0 Å². The van der Waals surface area contributed by atoms with E-state index in [-0.39, 0.29) is 0 Å². The van der Waals surface area contributed by atoms with Crippen molar-refractivity contribution in [1.82, 2.24) is 0 Å². The van der Waals surface area contributed by atoms with Crippen molar-refractivity contribution in [2.75, 3.05) is 7.11 Å². The quantitative estimate of drug-likeness (QED) is 0.624. The van der Waals surface area contributed by atoms with Gasteiger partial charge >= 0.3 is 0 Å². The lowest BCUT2D eigenvalue weighted by atomic mass is 10.2. The zero-order valence-corrected chi connectivity index (χ0v) is 7.58. The van der Waals surface area contributed by atoms with Gasteiger partial charge in [0.1, 0.15) is 0 Å². The molecule has 0 aliphatic heterocycles. The molecule has 0 N–H and O–H groups in total. The van der Waals surface area contributed by atoms with Crippen LogP contribution in [0.3, 0.4) is 0 Å². The second-order valence-corrected chi connectivity index (χ2v) is 2.81. The van der Waals surface area contributed by atoms with Gasteiger partial charge in [-0.3, -0.25) is 0 Å². The molecule has 1 rings (SSSR count). The number of benzene rings is 1. The second kappa shape index (κ2) is 3.69. The number of rotatable bonds is 1. The SMILES string of the molecule is COC(=S)c1ccc(Cl)cc1. The summed E-state index contributed by atoms with van der Waals surface area (Å²) in [5.74, 6) is 0. The molecule has 58 valence electrons. The van der Waals surface area contributed by atoms with Gasteiger partial charge in [-0.15, -0.1) is 0 Å². The maximum atomic E-state index is 5.68. The van der Waals surface area contributed by atoms with E-state index in [1.807, 2.05) is 12.1 Å². The normalized spacial score (nSPS) is 9.27. The van der Waals surface area contributed by atoms with Gasteiger partial charge in [0.05, 0.1) is 7.11 Å². The largest absolute Gasteiger partial charge is 0.486 e. The first-order chi connectivity index (χ1) is 5.24. The van der Waals surface area contributed by atoms with Crippen molar-refractivity contribution in [2.24, 2.45) is 0 Å². The van der Waals surface area contributed by atoms with Gasteiger partial charge in [-0.1, -0.05) is 11.6 Å². The van der Waals surface area contributed by atoms with Crippen LogP contribution in [-0.2, 0) is 4.74 Å². The fourth-order valence-corrected chi connectivity index (χ4v) is 0.966. The van der Waals surface area contributed by atoms with E-state index >= 15 is 0 Å². The molecule has 0 amide bonds. The molecule has 0 saturated carbocycles. The van der Waals surface area contributed by atoms with Gasteiger partial charge in [-0.2, -0.15) is 0 Å². The first kappa shape index (κ1) is 8.50. The van der Waals surface area contributed by atoms with Crippen molar-refractivity contribution in [3.05, 3.63) is 34.9 Å². The van der Waals surface area contributed by atoms with Crippen molar-refractivity contribution in [1.29, 1.82) is 0 Å². The Morgan fingerprint density at radius 3 is 2.36 bits per heavy atom. The van der Waals surface area contributed by atoms with Gasteiger partial charge in [-0.25, -0.2) is 0 Å². The molecule has 0 atom stereocenters. The van der Waals surface area contributed by atoms with Crippen LogP contribution in [0.5, 0.6) is 0 Å². The van der Waals surface area contributed by atoms with E-state index in [2.05, 4.69) is 0 Å². The molecule has 0 radical (unpaired) electrons. The highest BCUT2D eigenvalue weighted by molar-refractivity contribution is 7.80. The summed E-state index contributed by atoms with van der Waals surface area (Å²) in [5, 5.41) is 1.19. The smallest absolute Gasteiger partial charge is 0.190 e. The van der Waals surface area contributed by atoms with Gasteiger partial charge in [-0.05, 0) is 36.5 Å². The molecule has 0 aliphatic rings. The summed E-state index contributed by atoms with van der Waals surface area (Å²) < 4.78 is 4.86. The molecular formula is C8H7ClOS. The minimum Gasteiger partial charge on any atom is -0.486 e. The third-order valence-corrected chi connectivity index (χ3v) is 1.92. The third-order valence-electron chi connectivity index (χ3n) is 1.27. The van der Waals surface area contributed by atoms with Crippen LogP contribution in [0.1, 0.15) is 5.56 Å². The van der Waals surface area contributed by atoms with Crippen LogP contribution in [0.15, 0.2) is 24.3 Å². The fraction of sp³-hybridized carbons (Fsp3) is 0.125. The number of hydrogen-bond donors (Lipinski definition) is 0. The Labute approximate surface area is 75.9 Å². The van der Waals surface area contributed by atoms with Crippen LogP contribution < -0.4 is 0 Å². The molecule has 0 spiro atoms. The Bertz CT molecular complexity index is 255. The van der Waals surface area contributed by atoms with Gasteiger partial charge < -0.3 is 4.74 Å². The lowest BCUT2D eigenvalue weighted by Gasteiger charge is -2.00. The van der Waals surface area contributed by atoms with E-state index < -0.39 is 0 Å². The first-order valence-corrected chi connectivity index (χ1v) is 3.86. The second-order valence-electron chi connectivity index (χ2n) is 2.00. The van der Waals surface area contributed by atoms with E-state index in [1.54, 1.807) is 19.2 Å². The zero-order valence-electron chi connectivity index (χ0n) is 6.00. The van der Waals surface area contributed by atoms with E-state index in [0.717, 1.165) is 5.56 Å². The molecule has 1 aromatic rings. The standard InChI is InChI=1S/C8H7ClOS/c1-10-8(11)6-2-4-7(9)5-3-6/h2-5H,1H3. The summed E-state index contributed by atoms with van der Waals surface area (Å²) in [7, 11) is 1.55. The minimum atomic E-state index is 0.488. The average Bonchev–Trinajstić information content (AvgIpc) is 2.05. The summed E-state index contributed by atoms with van der Waals surface area (Å²) in [5.41, 5.74) is 0.881. The first-order valence-electron chi connectivity index (χ1n) is 3.08. The molecule has 0 unspecified atom stereocenters. The van der Waals surface area contributed by atoms with Crippen LogP contribution in [0.2, 0.25) is 5.02 Å². The minimum absolute atomic E-state index is 0.488. The van der Waals surface area contributed by atoms with Crippen LogP contribution in [0, 0.1) is 0 Å². The maximum Gasteiger partial charge on any atom is 0.190 e. The molecule has 0 aromatic heterocycles. The summed E-state index contributed by atoms with van der Waals surface area (Å²) in [4.78, 5) is 0. The van der Waals surface area contributed by atoms with E-state index in [1.165, 1.54) is 0 Å². The van der Waals surface area contributed by atoms with E-state index in [0.29, 0.717) is 10.1 Å². The predicted molar refractivity (Wildman–Crippen MR) is 50.2 cm³/mol. The lowest BCUT2D eigenvalue weighted by Crippen LogP contribution is -1.98. The fourth-order valence-electron chi connectivity index (χ4n) is 0.704. The van der Waals surface area contributed by atoms with Gasteiger partial charge in [0, 0.05) is 10.6 Å². The van der Waals surface area contributed by atoms with Crippen molar-refractivity contribution in [2.45, 2.75) is 0 Å². The molecule has 0 bridgehead atoms. The van der Waals surface area contributed by atoms with Crippen molar-refractivity contribution >= 4 is 28.9 Å². The average molecular weight is 187 g/mol. The number of hydrogen-bond acceptors (Lipinski definition) is 2. The Balaban J connectivity index is 2.90. The Morgan fingerprint density at radius 1 is 1.36 bits per heavy atom. The van der Waals surface area contributed by atoms with Crippen molar-refractivity contribution < 1.29 is 4.74 Å². The molecule has 1 nitrogen and oxygen atoms in total. The molecule has 1 aromatic carbocycles.